The third kappa shape index (κ3) is 6.95. The van der Waals surface area contributed by atoms with Crippen LogP contribution in [0.25, 0.3) is 0 Å². The van der Waals surface area contributed by atoms with Gasteiger partial charge in [-0.25, -0.2) is 9.78 Å². The number of hydrogen-bond acceptors (Lipinski definition) is 7. The van der Waals surface area contributed by atoms with Crippen LogP contribution < -0.4 is 4.90 Å². The van der Waals surface area contributed by atoms with Crippen molar-refractivity contribution in [2.45, 2.75) is 65.2 Å². The molecule has 0 bridgehead atoms. The lowest BCUT2D eigenvalue weighted by molar-refractivity contribution is -0.143. The summed E-state index contributed by atoms with van der Waals surface area (Å²) >= 11 is 0. The number of phenolic OH excluding ortho intramolecular Hbond substituents is 1. The van der Waals surface area contributed by atoms with Crippen molar-refractivity contribution >= 4 is 17.6 Å². The van der Waals surface area contributed by atoms with Crippen molar-refractivity contribution in [3.05, 3.63) is 52.8 Å². The lowest BCUT2D eigenvalue weighted by atomic mass is 9.95. The molecule has 1 aromatic carbocycles. The lowest BCUT2D eigenvalue weighted by Crippen LogP contribution is -2.30. The van der Waals surface area contributed by atoms with Crippen molar-refractivity contribution in [3.8, 4) is 5.75 Å². The number of aryl methyl sites for hydroxylation is 2. The molecular formula is C27H36N2O5. The van der Waals surface area contributed by atoms with Crippen molar-refractivity contribution in [2.75, 3.05) is 31.2 Å². The highest BCUT2D eigenvalue weighted by Crippen LogP contribution is 2.29. The van der Waals surface area contributed by atoms with Crippen LogP contribution in [0.3, 0.4) is 0 Å². The Hall–Kier alpha value is -3.09. The number of carbonyl (C=O) groups excluding carboxylic acids is 2. The van der Waals surface area contributed by atoms with Gasteiger partial charge in [0.05, 0.1) is 18.9 Å². The van der Waals surface area contributed by atoms with E-state index in [9.17, 15) is 14.7 Å². The molecule has 7 nitrogen and oxygen atoms in total. The molecule has 1 heterocycles. The highest BCUT2D eigenvalue weighted by molar-refractivity contribution is 5.94. The minimum Gasteiger partial charge on any atom is -0.508 e. The standard InChI is InChI=1S/C27H36N2O5/c1-3-33-25(31)15-9-10-17-29(18-16-20-11-6-8-14-24(20)30)23-19-21-12-5-7-13-22(21)28-26(23)27(32)34-4-2/h6,8,11,14,19,30H,3-5,7,9-10,12-13,15-18H2,1-2H3. The molecule has 1 aliphatic carbocycles. The maximum atomic E-state index is 12.9. The molecule has 0 saturated carbocycles. The summed E-state index contributed by atoms with van der Waals surface area (Å²) in [5.41, 5.74) is 4.15. The normalized spacial score (nSPS) is 12.6. The summed E-state index contributed by atoms with van der Waals surface area (Å²) in [6.45, 7) is 5.52. The van der Waals surface area contributed by atoms with Crippen molar-refractivity contribution in [3.63, 3.8) is 0 Å². The van der Waals surface area contributed by atoms with E-state index in [4.69, 9.17) is 14.5 Å². The van der Waals surface area contributed by atoms with Gasteiger partial charge in [-0.1, -0.05) is 18.2 Å². The van der Waals surface area contributed by atoms with Crippen molar-refractivity contribution in [1.29, 1.82) is 0 Å². The molecule has 1 aliphatic rings. The minimum atomic E-state index is -0.412. The Bertz CT molecular complexity index is 975. The Morgan fingerprint density at radius 2 is 1.79 bits per heavy atom. The molecule has 0 amide bonds. The summed E-state index contributed by atoms with van der Waals surface area (Å²) in [7, 11) is 0. The van der Waals surface area contributed by atoms with Gasteiger partial charge in [-0.05, 0) is 82.1 Å². The Morgan fingerprint density at radius 1 is 1.03 bits per heavy atom. The summed E-state index contributed by atoms with van der Waals surface area (Å²) in [5, 5.41) is 10.2. The number of rotatable bonds is 12. The molecule has 0 fully saturated rings. The van der Waals surface area contributed by atoms with Gasteiger partial charge in [0.25, 0.3) is 0 Å². The molecule has 34 heavy (non-hydrogen) atoms. The fourth-order valence-corrected chi connectivity index (χ4v) is 4.35. The largest absolute Gasteiger partial charge is 0.508 e. The minimum absolute atomic E-state index is 0.189. The number of anilines is 1. The Balaban J connectivity index is 1.86. The number of esters is 2. The first kappa shape index (κ1) is 25.5. The van der Waals surface area contributed by atoms with Crippen LogP contribution in [0, 0.1) is 0 Å². The van der Waals surface area contributed by atoms with Crippen molar-refractivity contribution in [2.24, 2.45) is 0 Å². The quantitative estimate of drug-likeness (QED) is 0.359. The van der Waals surface area contributed by atoms with E-state index in [0.717, 1.165) is 49.0 Å². The maximum absolute atomic E-state index is 12.9. The molecule has 0 aliphatic heterocycles. The van der Waals surface area contributed by atoms with Crippen molar-refractivity contribution < 1.29 is 24.2 Å². The number of phenols is 1. The number of unbranched alkanes of at least 4 members (excludes halogenated alkanes) is 1. The van der Waals surface area contributed by atoms with Gasteiger partial charge in [0.1, 0.15) is 5.75 Å². The number of hydrogen-bond donors (Lipinski definition) is 1. The second kappa shape index (κ2) is 13.0. The van der Waals surface area contributed by atoms with Crippen LogP contribution in [-0.2, 0) is 33.5 Å². The van der Waals surface area contributed by atoms with Crippen LogP contribution in [0.4, 0.5) is 5.69 Å². The summed E-state index contributed by atoms with van der Waals surface area (Å²) < 4.78 is 10.4. The number of aromatic hydroxyl groups is 1. The van der Waals surface area contributed by atoms with Gasteiger partial charge < -0.3 is 19.5 Å². The molecule has 184 valence electrons. The van der Waals surface area contributed by atoms with Crippen molar-refractivity contribution in [1.82, 2.24) is 4.98 Å². The zero-order valence-corrected chi connectivity index (χ0v) is 20.3. The van der Waals surface area contributed by atoms with Gasteiger partial charge in [-0.15, -0.1) is 0 Å². The number of fused-ring (bicyclic) bond motifs is 1. The summed E-state index contributed by atoms with van der Waals surface area (Å²) in [6.07, 6.45) is 6.46. The number of aromatic nitrogens is 1. The van der Waals surface area contributed by atoms with Crippen LogP contribution in [0.15, 0.2) is 30.3 Å². The van der Waals surface area contributed by atoms with Gasteiger partial charge in [-0.3, -0.25) is 4.79 Å². The first-order chi connectivity index (χ1) is 16.5. The van der Waals surface area contributed by atoms with E-state index in [0.29, 0.717) is 44.7 Å². The topological polar surface area (TPSA) is 89.0 Å². The third-order valence-corrected chi connectivity index (χ3v) is 6.10. The molecule has 0 unspecified atom stereocenters. The fraction of sp³-hybridized carbons (Fsp3) is 0.519. The first-order valence-electron chi connectivity index (χ1n) is 12.4. The lowest BCUT2D eigenvalue weighted by Gasteiger charge is -2.28. The zero-order chi connectivity index (χ0) is 24.3. The highest BCUT2D eigenvalue weighted by Gasteiger charge is 2.24. The number of nitrogens with zero attached hydrogens (tertiary/aromatic N) is 2. The maximum Gasteiger partial charge on any atom is 0.359 e. The van der Waals surface area contributed by atoms with E-state index in [2.05, 4.69) is 11.0 Å². The second-order valence-corrected chi connectivity index (χ2v) is 8.52. The van der Waals surface area contributed by atoms with E-state index < -0.39 is 5.97 Å². The predicted octanol–water partition coefficient (Wildman–Crippen LogP) is 4.63. The molecule has 0 saturated heterocycles. The fourth-order valence-electron chi connectivity index (χ4n) is 4.35. The number of carbonyl (C=O) groups is 2. The van der Waals surface area contributed by atoms with Crippen LogP contribution in [-0.4, -0.2) is 48.3 Å². The number of pyridine rings is 1. The highest BCUT2D eigenvalue weighted by atomic mass is 16.5. The van der Waals surface area contributed by atoms with E-state index in [1.165, 1.54) is 5.56 Å². The van der Waals surface area contributed by atoms with E-state index >= 15 is 0 Å². The zero-order valence-electron chi connectivity index (χ0n) is 20.3. The molecule has 3 rings (SSSR count). The summed E-state index contributed by atoms with van der Waals surface area (Å²) in [5.74, 6) is -0.338. The van der Waals surface area contributed by atoms with Crippen LogP contribution in [0.1, 0.15) is 73.3 Å². The number of para-hydroxylation sites is 1. The monoisotopic (exact) mass is 468 g/mol. The van der Waals surface area contributed by atoms with Gasteiger partial charge >= 0.3 is 11.9 Å². The predicted molar refractivity (Wildman–Crippen MR) is 131 cm³/mol. The molecule has 1 aromatic heterocycles. The number of benzene rings is 1. The van der Waals surface area contributed by atoms with Gasteiger partial charge in [0.2, 0.25) is 0 Å². The molecule has 0 radical (unpaired) electrons. The molecule has 2 aromatic rings. The van der Waals surface area contributed by atoms with Crippen LogP contribution in [0.5, 0.6) is 5.75 Å². The molecule has 0 atom stereocenters. The third-order valence-electron chi connectivity index (χ3n) is 6.10. The van der Waals surface area contributed by atoms with E-state index in [1.54, 1.807) is 26.0 Å². The van der Waals surface area contributed by atoms with Gasteiger partial charge in [0, 0.05) is 25.2 Å². The molecule has 7 heteroatoms. The van der Waals surface area contributed by atoms with Gasteiger partial charge in [-0.2, -0.15) is 0 Å². The molecular weight excluding hydrogens is 432 g/mol. The molecule has 1 N–H and O–H groups in total. The number of ether oxygens (including phenoxy) is 2. The average molecular weight is 469 g/mol. The average Bonchev–Trinajstić information content (AvgIpc) is 2.84. The molecule has 0 spiro atoms. The summed E-state index contributed by atoms with van der Waals surface area (Å²) in [6, 6.07) is 9.40. The summed E-state index contributed by atoms with van der Waals surface area (Å²) in [4.78, 5) is 31.5. The van der Waals surface area contributed by atoms with E-state index in [1.807, 2.05) is 12.1 Å². The van der Waals surface area contributed by atoms with Crippen LogP contribution in [0.2, 0.25) is 0 Å². The second-order valence-electron chi connectivity index (χ2n) is 8.52. The Kier molecular flexibility index (Phi) is 9.74. The Labute approximate surface area is 202 Å². The SMILES string of the molecule is CCOC(=O)CCCCN(CCc1ccccc1O)c1cc2c(nc1C(=O)OCC)CCCC2. The van der Waals surface area contributed by atoms with Crippen LogP contribution >= 0.6 is 0 Å². The van der Waals surface area contributed by atoms with Gasteiger partial charge in [0.15, 0.2) is 5.69 Å². The van der Waals surface area contributed by atoms with E-state index in [-0.39, 0.29) is 18.3 Å². The Morgan fingerprint density at radius 3 is 2.56 bits per heavy atom. The first-order valence-corrected chi connectivity index (χ1v) is 12.4. The smallest absolute Gasteiger partial charge is 0.359 e.